The van der Waals surface area contributed by atoms with Gasteiger partial charge in [-0.3, -0.25) is 0 Å². The van der Waals surface area contributed by atoms with Crippen LogP contribution in [0.25, 0.3) is 0 Å². The van der Waals surface area contributed by atoms with Crippen LogP contribution in [0.2, 0.25) is 0 Å². The molecule has 84 valence electrons. The largest absolute Gasteiger partial charge is 0.349 e. The number of hydrogen-bond acceptors (Lipinski definition) is 3. The molecule has 1 fully saturated rings. The molecule has 1 heterocycles. The summed E-state index contributed by atoms with van der Waals surface area (Å²) in [4.78, 5) is 4.33. The lowest BCUT2D eigenvalue weighted by atomic mass is 9.96. The number of anilines is 1. The van der Waals surface area contributed by atoms with E-state index < -0.39 is 0 Å². The summed E-state index contributed by atoms with van der Waals surface area (Å²) >= 11 is 0. The third-order valence-corrected chi connectivity index (χ3v) is 3.36. The summed E-state index contributed by atoms with van der Waals surface area (Å²) in [6.45, 7) is 5.91. The van der Waals surface area contributed by atoms with Crippen LogP contribution in [-0.2, 0) is 6.54 Å². The number of nitrogens with two attached hydrogens (primary N) is 1. The van der Waals surface area contributed by atoms with Crippen LogP contribution in [0.1, 0.15) is 26.7 Å². The number of hydrogen-bond donors (Lipinski definition) is 2. The topological polar surface area (TPSA) is 55.9 Å². The maximum Gasteiger partial charge on any atom is 0.203 e. The van der Waals surface area contributed by atoms with Gasteiger partial charge in [-0.1, -0.05) is 0 Å². The Kier molecular flexibility index (Phi) is 2.69. The molecule has 3 N–H and O–H groups in total. The standard InChI is InChI=1S/C11H20N4/c1-3-15-7-6-13-10(15)14-11(2,8-12)9-4-5-9/h6-7,9H,3-5,8,12H2,1-2H3,(H,13,14). The summed E-state index contributed by atoms with van der Waals surface area (Å²) in [7, 11) is 0. The second-order valence-electron chi connectivity index (χ2n) is 4.56. The molecule has 4 heteroatoms. The number of rotatable bonds is 5. The number of nitrogens with zero attached hydrogens (tertiary/aromatic N) is 2. The van der Waals surface area contributed by atoms with E-state index in [-0.39, 0.29) is 5.54 Å². The van der Waals surface area contributed by atoms with Crippen LogP contribution in [-0.4, -0.2) is 21.6 Å². The van der Waals surface area contributed by atoms with Gasteiger partial charge in [0.15, 0.2) is 0 Å². The Bertz CT molecular complexity index is 329. The van der Waals surface area contributed by atoms with Crippen LogP contribution in [0.4, 0.5) is 5.95 Å². The molecule has 0 spiro atoms. The van der Waals surface area contributed by atoms with Gasteiger partial charge >= 0.3 is 0 Å². The lowest BCUT2D eigenvalue weighted by Gasteiger charge is -2.30. The average molecular weight is 208 g/mol. The molecule has 1 unspecified atom stereocenters. The SMILES string of the molecule is CCn1ccnc1NC(C)(CN)C1CC1. The van der Waals surface area contributed by atoms with Crippen LogP contribution in [0.3, 0.4) is 0 Å². The Morgan fingerprint density at radius 2 is 2.40 bits per heavy atom. The van der Waals surface area contributed by atoms with E-state index >= 15 is 0 Å². The van der Waals surface area contributed by atoms with E-state index in [9.17, 15) is 0 Å². The van der Waals surface area contributed by atoms with Gasteiger partial charge in [0.1, 0.15) is 0 Å². The zero-order valence-electron chi connectivity index (χ0n) is 9.53. The van der Waals surface area contributed by atoms with Gasteiger partial charge in [0.25, 0.3) is 0 Å². The molecule has 15 heavy (non-hydrogen) atoms. The molecule has 0 radical (unpaired) electrons. The molecule has 0 aromatic carbocycles. The van der Waals surface area contributed by atoms with Gasteiger partial charge in [-0.05, 0) is 32.6 Å². The quantitative estimate of drug-likeness (QED) is 0.770. The van der Waals surface area contributed by atoms with Crippen LogP contribution >= 0.6 is 0 Å². The van der Waals surface area contributed by atoms with E-state index in [1.165, 1.54) is 12.8 Å². The van der Waals surface area contributed by atoms with E-state index in [4.69, 9.17) is 5.73 Å². The molecule has 0 bridgehead atoms. The van der Waals surface area contributed by atoms with Crippen molar-refractivity contribution >= 4 is 5.95 Å². The Morgan fingerprint density at radius 3 is 2.93 bits per heavy atom. The van der Waals surface area contributed by atoms with Crippen molar-refractivity contribution in [2.45, 2.75) is 38.8 Å². The van der Waals surface area contributed by atoms with E-state index in [2.05, 4.69) is 28.7 Å². The van der Waals surface area contributed by atoms with Gasteiger partial charge in [0.2, 0.25) is 5.95 Å². The summed E-state index contributed by atoms with van der Waals surface area (Å²) in [6, 6.07) is 0. The summed E-state index contributed by atoms with van der Waals surface area (Å²) in [5.41, 5.74) is 5.87. The first kappa shape index (κ1) is 10.5. The van der Waals surface area contributed by atoms with Crippen molar-refractivity contribution in [1.82, 2.24) is 9.55 Å². The third kappa shape index (κ3) is 2.00. The zero-order chi connectivity index (χ0) is 10.9. The van der Waals surface area contributed by atoms with Crippen molar-refractivity contribution in [2.24, 2.45) is 11.7 Å². The highest BCUT2D eigenvalue weighted by atomic mass is 15.2. The van der Waals surface area contributed by atoms with Gasteiger partial charge in [0.05, 0.1) is 5.54 Å². The molecule has 4 nitrogen and oxygen atoms in total. The van der Waals surface area contributed by atoms with Crippen molar-refractivity contribution in [2.75, 3.05) is 11.9 Å². The van der Waals surface area contributed by atoms with E-state index in [1.807, 2.05) is 12.4 Å². The molecule has 2 rings (SSSR count). The van der Waals surface area contributed by atoms with Crippen molar-refractivity contribution in [3.63, 3.8) is 0 Å². The predicted octanol–water partition coefficient (Wildman–Crippen LogP) is 1.44. The van der Waals surface area contributed by atoms with Crippen molar-refractivity contribution in [1.29, 1.82) is 0 Å². The fourth-order valence-electron chi connectivity index (χ4n) is 1.98. The van der Waals surface area contributed by atoms with E-state index in [0.717, 1.165) is 12.5 Å². The fourth-order valence-corrected chi connectivity index (χ4v) is 1.98. The first-order valence-electron chi connectivity index (χ1n) is 5.69. The van der Waals surface area contributed by atoms with E-state index in [1.54, 1.807) is 0 Å². The van der Waals surface area contributed by atoms with E-state index in [0.29, 0.717) is 12.5 Å². The van der Waals surface area contributed by atoms with Gasteiger partial charge in [0, 0.05) is 25.5 Å². The number of imidazole rings is 1. The van der Waals surface area contributed by atoms with Crippen molar-refractivity contribution in [3.8, 4) is 0 Å². The van der Waals surface area contributed by atoms with Crippen molar-refractivity contribution in [3.05, 3.63) is 12.4 Å². The molecule has 0 aliphatic heterocycles. The number of aryl methyl sites for hydroxylation is 1. The van der Waals surface area contributed by atoms with Gasteiger partial charge in [-0.25, -0.2) is 4.98 Å². The van der Waals surface area contributed by atoms with Crippen molar-refractivity contribution < 1.29 is 0 Å². The smallest absolute Gasteiger partial charge is 0.203 e. The summed E-state index contributed by atoms with van der Waals surface area (Å²) < 4.78 is 2.11. The fraction of sp³-hybridized carbons (Fsp3) is 0.727. The maximum atomic E-state index is 5.86. The zero-order valence-corrected chi connectivity index (χ0v) is 9.53. The lowest BCUT2D eigenvalue weighted by molar-refractivity contribution is 0.453. The minimum absolute atomic E-state index is 0.0122. The highest BCUT2D eigenvalue weighted by Gasteiger charge is 2.41. The summed E-state index contributed by atoms with van der Waals surface area (Å²) in [5, 5.41) is 3.49. The molecule has 1 atom stereocenters. The number of aromatic nitrogens is 2. The number of nitrogens with one attached hydrogen (secondary N) is 1. The van der Waals surface area contributed by atoms with Crippen LogP contribution in [0, 0.1) is 5.92 Å². The Hall–Kier alpha value is -1.03. The Morgan fingerprint density at radius 1 is 1.67 bits per heavy atom. The molecule has 1 saturated carbocycles. The molecule has 1 aromatic rings. The van der Waals surface area contributed by atoms with Crippen LogP contribution in [0.5, 0.6) is 0 Å². The van der Waals surface area contributed by atoms with Crippen LogP contribution in [0.15, 0.2) is 12.4 Å². The second kappa shape index (κ2) is 3.85. The molecule has 1 aliphatic rings. The molecular formula is C11H20N4. The Balaban J connectivity index is 2.12. The molecule has 1 aliphatic carbocycles. The monoisotopic (exact) mass is 208 g/mol. The van der Waals surface area contributed by atoms with Gasteiger partial charge in [-0.15, -0.1) is 0 Å². The minimum Gasteiger partial charge on any atom is -0.349 e. The third-order valence-electron chi connectivity index (χ3n) is 3.36. The van der Waals surface area contributed by atoms with Gasteiger partial charge < -0.3 is 15.6 Å². The van der Waals surface area contributed by atoms with Gasteiger partial charge in [-0.2, -0.15) is 0 Å². The summed E-state index contributed by atoms with van der Waals surface area (Å²) in [6.07, 6.45) is 6.39. The van der Waals surface area contributed by atoms with Crippen LogP contribution < -0.4 is 11.1 Å². The predicted molar refractivity (Wildman–Crippen MR) is 61.7 cm³/mol. The normalized spacial score (nSPS) is 19.9. The maximum absolute atomic E-state index is 5.86. The molecule has 0 saturated heterocycles. The Labute approximate surface area is 90.9 Å². The first-order chi connectivity index (χ1) is 7.19. The molecular weight excluding hydrogens is 188 g/mol. The lowest BCUT2D eigenvalue weighted by Crippen LogP contribution is -2.45. The highest BCUT2D eigenvalue weighted by molar-refractivity contribution is 5.32. The highest BCUT2D eigenvalue weighted by Crippen LogP contribution is 2.40. The second-order valence-corrected chi connectivity index (χ2v) is 4.56. The molecule has 0 amide bonds. The first-order valence-corrected chi connectivity index (χ1v) is 5.69. The average Bonchev–Trinajstić information content (AvgIpc) is 3.01. The minimum atomic E-state index is 0.0122. The molecule has 1 aromatic heterocycles. The summed E-state index contributed by atoms with van der Waals surface area (Å²) in [5.74, 6) is 1.65.